The van der Waals surface area contributed by atoms with Crippen molar-refractivity contribution < 1.29 is 9.53 Å². The first kappa shape index (κ1) is 11.8. The monoisotopic (exact) mass is 244 g/mol. The Hall–Kier alpha value is -1.31. The van der Waals surface area contributed by atoms with Gasteiger partial charge in [-0.05, 0) is 41.9 Å². The summed E-state index contributed by atoms with van der Waals surface area (Å²) in [6, 6.07) is 6.03. The fourth-order valence-corrected chi connectivity index (χ4v) is 3.80. The van der Waals surface area contributed by atoms with Gasteiger partial charge in [-0.3, -0.25) is 4.79 Å². The highest BCUT2D eigenvalue weighted by Crippen LogP contribution is 2.50. The van der Waals surface area contributed by atoms with Gasteiger partial charge in [0.05, 0.1) is 7.11 Å². The van der Waals surface area contributed by atoms with Gasteiger partial charge in [-0.1, -0.05) is 25.8 Å². The van der Waals surface area contributed by atoms with Crippen LogP contribution in [0.5, 0.6) is 5.75 Å². The lowest BCUT2D eigenvalue weighted by atomic mass is 9.58. The smallest absolute Gasteiger partial charge is 0.163 e. The molecular weight excluding hydrogens is 224 g/mol. The van der Waals surface area contributed by atoms with Crippen LogP contribution in [0.1, 0.15) is 54.9 Å². The lowest BCUT2D eigenvalue weighted by molar-refractivity contribution is 0.0859. The number of fused-ring (bicyclic) bond motifs is 3. The largest absolute Gasteiger partial charge is 0.497 e. The summed E-state index contributed by atoms with van der Waals surface area (Å²) in [7, 11) is 1.65. The maximum absolute atomic E-state index is 12.3. The van der Waals surface area contributed by atoms with E-state index in [1.807, 2.05) is 12.1 Å². The molecule has 0 radical (unpaired) electrons. The van der Waals surface area contributed by atoms with Crippen LogP contribution in [0.25, 0.3) is 0 Å². The Morgan fingerprint density at radius 3 is 2.94 bits per heavy atom. The first-order valence-corrected chi connectivity index (χ1v) is 6.87. The van der Waals surface area contributed by atoms with Gasteiger partial charge in [-0.15, -0.1) is 0 Å². The van der Waals surface area contributed by atoms with E-state index in [2.05, 4.69) is 13.0 Å². The Kier molecular flexibility index (Phi) is 2.69. The lowest BCUT2D eigenvalue weighted by Gasteiger charge is -2.45. The second-order valence-electron chi connectivity index (χ2n) is 5.90. The van der Waals surface area contributed by atoms with Gasteiger partial charge in [-0.25, -0.2) is 0 Å². The van der Waals surface area contributed by atoms with Crippen LogP contribution in [0.15, 0.2) is 18.2 Å². The van der Waals surface area contributed by atoms with Crippen molar-refractivity contribution in [3.63, 3.8) is 0 Å². The molecule has 0 aromatic heterocycles. The average Bonchev–Trinajstić information content (AvgIpc) is 2.40. The minimum absolute atomic E-state index is 0.202. The highest BCUT2D eigenvalue weighted by Gasteiger charge is 2.44. The third-order valence-electron chi connectivity index (χ3n) is 4.97. The summed E-state index contributed by atoms with van der Waals surface area (Å²) >= 11 is 0. The van der Waals surface area contributed by atoms with Crippen molar-refractivity contribution in [2.24, 2.45) is 5.92 Å². The van der Waals surface area contributed by atoms with Gasteiger partial charge in [-0.2, -0.15) is 0 Å². The standard InChI is InChI=1S/C16H20O2/c1-16-8-4-3-5-11(16)9-15(17)13-10-12(18-2)6-7-14(13)16/h6-7,10-11H,3-5,8-9H2,1-2H3/t11-,16-/m1/s1. The molecule has 1 aromatic rings. The summed E-state index contributed by atoms with van der Waals surface area (Å²) in [5.41, 5.74) is 2.35. The van der Waals surface area contributed by atoms with Crippen molar-refractivity contribution in [2.45, 2.75) is 44.4 Å². The Balaban J connectivity index is 2.13. The molecule has 0 unspecified atom stereocenters. The van der Waals surface area contributed by atoms with E-state index in [0.29, 0.717) is 11.7 Å². The third kappa shape index (κ3) is 1.58. The van der Waals surface area contributed by atoms with Crippen molar-refractivity contribution in [1.29, 1.82) is 0 Å². The molecule has 2 heteroatoms. The number of hydrogen-bond donors (Lipinski definition) is 0. The molecule has 0 bridgehead atoms. The van der Waals surface area contributed by atoms with E-state index in [1.165, 1.54) is 31.2 Å². The van der Waals surface area contributed by atoms with E-state index in [0.717, 1.165) is 17.7 Å². The van der Waals surface area contributed by atoms with Crippen LogP contribution in [-0.4, -0.2) is 12.9 Å². The predicted molar refractivity (Wildman–Crippen MR) is 71.3 cm³/mol. The van der Waals surface area contributed by atoms with Crippen molar-refractivity contribution in [3.8, 4) is 5.75 Å². The first-order valence-electron chi connectivity index (χ1n) is 6.87. The van der Waals surface area contributed by atoms with Crippen molar-refractivity contribution in [2.75, 3.05) is 7.11 Å². The number of carbonyl (C=O) groups excluding carboxylic acids is 1. The number of hydrogen-bond acceptors (Lipinski definition) is 2. The fourth-order valence-electron chi connectivity index (χ4n) is 3.80. The van der Waals surface area contributed by atoms with E-state index in [4.69, 9.17) is 4.74 Å². The predicted octanol–water partition coefficient (Wildman–Crippen LogP) is 3.73. The first-order chi connectivity index (χ1) is 8.65. The van der Waals surface area contributed by atoms with Gasteiger partial charge in [0, 0.05) is 12.0 Å². The maximum Gasteiger partial charge on any atom is 0.163 e. The van der Waals surface area contributed by atoms with Crippen LogP contribution in [0, 0.1) is 5.92 Å². The van der Waals surface area contributed by atoms with Crippen molar-refractivity contribution in [3.05, 3.63) is 29.3 Å². The van der Waals surface area contributed by atoms with Crippen LogP contribution in [0.3, 0.4) is 0 Å². The van der Waals surface area contributed by atoms with Crippen LogP contribution >= 0.6 is 0 Å². The number of benzene rings is 1. The molecule has 2 nitrogen and oxygen atoms in total. The molecule has 0 aliphatic heterocycles. The normalized spacial score (nSPS) is 30.6. The number of ketones is 1. The minimum atomic E-state index is 0.202. The van der Waals surface area contributed by atoms with Crippen molar-refractivity contribution in [1.82, 2.24) is 0 Å². The molecule has 0 N–H and O–H groups in total. The highest BCUT2D eigenvalue weighted by molar-refractivity contribution is 5.99. The molecule has 2 aliphatic carbocycles. The van der Waals surface area contributed by atoms with Gasteiger partial charge in [0.25, 0.3) is 0 Å². The Morgan fingerprint density at radius 2 is 2.17 bits per heavy atom. The second-order valence-corrected chi connectivity index (χ2v) is 5.90. The van der Waals surface area contributed by atoms with Gasteiger partial charge in [0.2, 0.25) is 0 Å². The van der Waals surface area contributed by atoms with E-state index in [9.17, 15) is 4.79 Å². The van der Waals surface area contributed by atoms with E-state index in [1.54, 1.807) is 7.11 Å². The van der Waals surface area contributed by atoms with Crippen LogP contribution < -0.4 is 4.74 Å². The highest BCUT2D eigenvalue weighted by atomic mass is 16.5. The van der Waals surface area contributed by atoms with Crippen LogP contribution in [-0.2, 0) is 5.41 Å². The minimum Gasteiger partial charge on any atom is -0.497 e. The molecule has 1 saturated carbocycles. The Bertz CT molecular complexity index is 492. The molecule has 2 aliphatic rings. The molecule has 2 atom stereocenters. The molecule has 1 aromatic carbocycles. The molecule has 0 saturated heterocycles. The summed E-state index contributed by atoms with van der Waals surface area (Å²) in [6.45, 7) is 2.34. The quantitative estimate of drug-likeness (QED) is 0.752. The maximum atomic E-state index is 12.3. The van der Waals surface area contributed by atoms with Crippen molar-refractivity contribution >= 4 is 5.78 Å². The van der Waals surface area contributed by atoms with Crippen LogP contribution in [0.2, 0.25) is 0 Å². The molecule has 3 rings (SSSR count). The molecule has 0 spiro atoms. The van der Waals surface area contributed by atoms with Gasteiger partial charge < -0.3 is 4.74 Å². The summed E-state index contributed by atoms with van der Waals surface area (Å²) in [5.74, 6) is 1.63. The number of ether oxygens (including phenoxy) is 1. The summed E-state index contributed by atoms with van der Waals surface area (Å²) in [6.07, 6.45) is 5.69. The zero-order valence-electron chi connectivity index (χ0n) is 11.2. The number of carbonyl (C=O) groups is 1. The zero-order valence-corrected chi connectivity index (χ0v) is 11.2. The van der Waals surface area contributed by atoms with E-state index < -0.39 is 0 Å². The third-order valence-corrected chi connectivity index (χ3v) is 4.97. The number of rotatable bonds is 1. The molecule has 0 heterocycles. The fraction of sp³-hybridized carbons (Fsp3) is 0.562. The molecule has 96 valence electrons. The topological polar surface area (TPSA) is 26.3 Å². The molecule has 18 heavy (non-hydrogen) atoms. The van der Waals surface area contributed by atoms with Gasteiger partial charge in [0.1, 0.15) is 5.75 Å². The molecule has 0 amide bonds. The summed E-state index contributed by atoms with van der Waals surface area (Å²) in [4.78, 5) is 12.3. The average molecular weight is 244 g/mol. The molecular formula is C16H20O2. The zero-order chi connectivity index (χ0) is 12.8. The number of methoxy groups -OCH3 is 1. The van der Waals surface area contributed by atoms with Gasteiger partial charge in [0.15, 0.2) is 5.78 Å². The Labute approximate surface area is 108 Å². The summed E-state index contributed by atoms with van der Waals surface area (Å²) in [5, 5.41) is 0. The molecule has 1 fully saturated rings. The van der Waals surface area contributed by atoms with Gasteiger partial charge >= 0.3 is 0 Å². The SMILES string of the molecule is COc1ccc2c(c1)C(=O)C[C@H]1CCCC[C@@]21C. The number of Topliss-reactive ketones (excluding diaryl/α,β-unsaturated/α-hetero) is 1. The lowest BCUT2D eigenvalue weighted by Crippen LogP contribution is -2.41. The van der Waals surface area contributed by atoms with E-state index >= 15 is 0 Å². The van der Waals surface area contributed by atoms with Crippen LogP contribution in [0.4, 0.5) is 0 Å². The van der Waals surface area contributed by atoms with E-state index in [-0.39, 0.29) is 5.41 Å². The summed E-state index contributed by atoms with van der Waals surface area (Å²) < 4.78 is 5.25. The Morgan fingerprint density at radius 1 is 1.33 bits per heavy atom. The second kappa shape index (κ2) is 4.11.